The van der Waals surface area contributed by atoms with E-state index in [2.05, 4.69) is 25.7 Å². The molecule has 0 aliphatic rings. The molecule has 1 heterocycles. The Hall–Kier alpha value is -2.70. The van der Waals surface area contributed by atoms with Gasteiger partial charge in [0.25, 0.3) is 5.56 Å². The second-order valence-electron chi connectivity index (χ2n) is 3.96. The van der Waals surface area contributed by atoms with Crippen LogP contribution in [0.4, 0.5) is 5.95 Å². The summed E-state index contributed by atoms with van der Waals surface area (Å²) in [6, 6.07) is 7.49. The van der Waals surface area contributed by atoms with Crippen LogP contribution in [-0.4, -0.2) is 28.0 Å². The third-order valence-corrected chi connectivity index (χ3v) is 2.41. The van der Waals surface area contributed by atoms with Crippen molar-refractivity contribution in [3.05, 3.63) is 45.9 Å². The van der Waals surface area contributed by atoms with E-state index >= 15 is 0 Å². The average molecular weight is 273 g/mol. The highest BCUT2D eigenvalue weighted by Gasteiger charge is 1.98. The molecule has 0 unspecified atom stereocenters. The second-order valence-corrected chi connectivity index (χ2v) is 3.96. The van der Waals surface area contributed by atoms with Crippen molar-refractivity contribution in [3.63, 3.8) is 0 Å². The van der Waals surface area contributed by atoms with E-state index in [1.165, 1.54) is 0 Å². The zero-order chi connectivity index (χ0) is 14.4. The summed E-state index contributed by atoms with van der Waals surface area (Å²) < 4.78 is 5.39. The van der Waals surface area contributed by atoms with Gasteiger partial charge in [-0.1, -0.05) is 12.1 Å². The van der Waals surface area contributed by atoms with Gasteiger partial charge in [-0.15, -0.1) is 10.2 Å². The fourth-order valence-electron chi connectivity index (χ4n) is 1.46. The number of hydrogen-bond donors (Lipinski definition) is 2. The van der Waals surface area contributed by atoms with Gasteiger partial charge in [-0.3, -0.25) is 9.78 Å². The Morgan fingerprint density at radius 1 is 1.45 bits per heavy atom. The van der Waals surface area contributed by atoms with Crippen molar-refractivity contribution in [2.75, 3.05) is 12.0 Å². The van der Waals surface area contributed by atoms with Crippen molar-refractivity contribution in [2.24, 2.45) is 5.10 Å². The SMILES string of the molecule is CCOc1cccc(/C=N/Nc2nnc(C)c(=O)[nH]2)c1. The maximum absolute atomic E-state index is 11.3. The number of ether oxygens (including phenoxy) is 1. The molecule has 0 saturated heterocycles. The van der Waals surface area contributed by atoms with Crippen LogP contribution in [0.1, 0.15) is 18.2 Å². The molecule has 2 aromatic rings. The van der Waals surface area contributed by atoms with Crippen LogP contribution in [0.15, 0.2) is 34.2 Å². The van der Waals surface area contributed by atoms with Crippen molar-refractivity contribution in [2.45, 2.75) is 13.8 Å². The van der Waals surface area contributed by atoms with E-state index in [0.717, 1.165) is 11.3 Å². The number of nitrogens with zero attached hydrogens (tertiary/aromatic N) is 3. The summed E-state index contributed by atoms with van der Waals surface area (Å²) >= 11 is 0. The molecule has 0 spiro atoms. The first-order valence-electron chi connectivity index (χ1n) is 6.14. The van der Waals surface area contributed by atoms with Crippen molar-refractivity contribution in [1.29, 1.82) is 0 Å². The van der Waals surface area contributed by atoms with Crippen LogP contribution >= 0.6 is 0 Å². The van der Waals surface area contributed by atoms with Crippen LogP contribution in [0.5, 0.6) is 5.75 Å². The van der Waals surface area contributed by atoms with Crippen LogP contribution < -0.4 is 15.7 Å². The summed E-state index contributed by atoms with van der Waals surface area (Å²) in [6.45, 7) is 4.12. The Bertz CT molecular complexity index is 666. The lowest BCUT2D eigenvalue weighted by Crippen LogP contribution is -2.15. The summed E-state index contributed by atoms with van der Waals surface area (Å²) in [5.74, 6) is 0.970. The lowest BCUT2D eigenvalue weighted by molar-refractivity contribution is 0.340. The third kappa shape index (κ3) is 3.64. The highest BCUT2D eigenvalue weighted by atomic mass is 16.5. The minimum atomic E-state index is -0.295. The number of hydrazone groups is 1. The molecule has 0 fully saturated rings. The molecule has 7 nitrogen and oxygen atoms in total. The van der Waals surface area contributed by atoms with E-state index in [1.807, 2.05) is 31.2 Å². The molecule has 1 aromatic heterocycles. The number of anilines is 1. The normalized spacial score (nSPS) is 10.7. The minimum absolute atomic E-state index is 0.192. The maximum Gasteiger partial charge on any atom is 0.274 e. The maximum atomic E-state index is 11.3. The molecule has 0 aliphatic carbocycles. The standard InChI is InChI=1S/C13H15N5O2/c1-3-20-11-6-4-5-10(7-11)8-14-17-13-15-12(19)9(2)16-18-13/h4-8H,3H2,1-2H3,(H2,15,17,18,19)/b14-8+. The number of hydrogen-bond acceptors (Lipinski definition) is 6. The number of benzene rings is 1. The monoisotopic (exact) mass is 273 g/mol. The molecule has 2 N–H and O–H groups in total. The molecular formula is C13H15N5O2. The van der Waals surface area contributed by atoms with Crippen molar-refractivity contribution < 1.29 is 4.74 Å². The molecule has 2 rings (SSSR count). The Labute approximate surface area is 115 Å². The van der Waals surface area contributed by atoms with Gasteiger partial charge in [0.1, 0.15) is 11.4 Å². The Morgan fingerprint density at radius 3 is 3.05 bits per heavy atom. The van der Waals surface area contributed by atoms with Crippen LogP contribution in [0, 0.1) is 6.92 Å². The number of aryl methyl sites for hydroxylation is 1. The number of nitrogens with one attached hydrogen (secondary N) is 2. The molecule has 104 valence electrons. The zero-order valence-corrected chi connectivity index (χ0v) is 11.3. The lowest BCUT2D eigenvalue weighted by Gasteiger charge is -2.03. The van der Waals surface area contributed by atoms with Crippen molar-refractivity contribution in [1.82, 2.24) is 15.2 Å². The molecule has 0 radical (unpaired) electrons. The highest BCUT2D eigenvalue weighted by molar-refractivity contribution is 5.80. The largest absolute Gasteiger partial charge is 0.494 e. The molecule has 1 aromatic carbocycles. The summed E-state index contributed by atoms with van der Waals surface area (Å²) in [5.41, 5.74) is 3.49. The molecule has 0 bridgehead atoms. The molecule has 0 aliphatic heterocycles. The number of H-pyrrole nitrogens is 1. The first-order valence-corrected chi connectivity index (χ1v) is 6.14. The van der Waals surface area contributed by atoms with E-state index in [1.54, 1.807) is 13.1 Å². The lowest BCUT2D eigenvalue weighted by atomic mass is 10.2. The number of rotatable bonds is 5. The third-order valence-electron chi connectivity index (χ3n) is 2.41. The highest BCUT2D eigenvalue weighted by Crippen LogP contribution is 2.11. The predicted octanol–water partition coefficient (Wildman–Crippen LogP) is 1.32. The number of aromatic nitrogens is 3. The topological polar surface area (TPSA) is 92.3 Å². The van der Waals surface area contributed by atoms with Crippen LogP contribution in [0.25, 0.3) is 0 Å². The summed E-state index contributed by atoms with van der Waals surface area (Å²) in [6.07, 6.45) is 1.60. The Kier molecular flexibility index (Phi) is 4.43. The van der Waals surface area contributed by atoms with Gasteiger partial charge in [-0.25, -0.2) is 5.43 Å². The Morgan fingerprint density at radius 2 is 2.30 bits per heavy atom. The summed E-state index contributed by atoms with van der Waals surface area (Å²) in [4.78, 5) is 13.8. The summed E-state index contributed by atoms with van der Waals surface area (Å²) in [7, 11) is 0. The minimum Gasteiger partial charge on any atom is -0.494 e. The fraction of sp³-hybridized carbons (Fsp3) is 0.231. The first-order chi connectivity index (χ1) is 9.69. The predicted molar refractivity (Wildman–Crippen MR) is 76.2 cm³/mol. The van der Waals surface area contributed by atoms with Gasteiger partial charge in [-0.2, -0.15) is 5.10 Å². The number of aromatic amines is 1. The molecular weight excluding hydrogens is 258 g/mol. The van der Waals surface area contributed by atoms with E-state index in [-0.39, 0.29) is 11.5 Å². The molecule has 0 atom stereocenters. The molecule has 0 amide bonds. The van der Waals surface area contributed by atoms with Crippen molar-refractivity contribution in [3.8, 4) is 5.75 Å². The summed E-state index contributed by atoms with van der Waals surface area (Å²) in [5, 5.41) is 11.4. The van der Waals surface area contributed by atoms with Crippen LogP contribution in [0.3, 0.4) is 0 Å². The van der Waals surface area contributed by atoms with E-state index < -0.39 is 0 Å². The Balaban J connectivity index is 2.04. The van der Waals surface area contributed by atoms with Crippen molar-refractivity contribution >= 4 is 12.2 Å². The van der Waals surface area contributed by atoms with Gasteiger partial charge in [0.05, 0.1) is 12.8 Å². The van der Waals surface area contributed by atoms with E-state index in [9.17, 15) is 4.79 Å². The van der Waals surface area contributed by atoms with Gasteiger partial charge in [-0.05, 0) is 31.5 Å². The quantitative estimate of drug-likeness (QED) is 0.633. The molecule has 7 heteroatoms. The molecule has 0 saturated carbocycles. The van der Waals surface area contributed by atoms with Crippen LogP contribution in [0.2, 0.25) is 0 Å². The fourth-order valence-corrected chi connectivity index (χ4v) is 1.46. The molecule has 20 heavy (non-hydrogen) atoms. The van der Waals surface area contributed by atoms with Crippen LogP contribution in [-0.2, 0) is 0 Å². The van der Waals surface area contributed by atoms with E-state index in [0.29, 0.717) is 12.3 Å². The van der Waals surface area contributed by atoms with Gasteiger partial charge in [0.15, 0.2) is 0 Å². The van der Waals surface area contributed by atoms with Gasteiger partial charge < -0.3 is 4.74 Å². The van der Waals surface area contributed by atoms with Gasteiger partial charge >= 0.3 is 0 Å². The van der Waals surface area contributed by atoms with E-state index in [4.69, 9.17) is 4.74 Å². The average Bonchev–Trinajstić information content (AvgIpc) is 2.44. The van der Waals surface area contributed by atoms with Gasteiger partial charge in [0.2, 0.25) is 5.95 Å². The second kappa shape index (κ2) is 6.46. The smallest absolute Gasteiger partial charge is 0.274 e. The first kappa shape index (κ1) is 13.7. The zero-order valence-electron chi connectivity index (χ0n) is 11.3. The van der Waals surface area contributed by atoms with Gasteiger partial charge in [0, 0.05) is 0 Å².